The third-order valence-corrected chi connectivity index (χ3v) is 4.57. The maximum atomic E-state index is 10.7. The van der Waals surface area contributed by atoms with Crippen molar-refractivity contribution in [1.82, 2.24) is 4.13 Å². The first-order chi connectivity index (χ1) is 4.83. The molecule has 0 spiro atoms. The highest BCUT2D eigenvalue weighted by Gasteiger charge is 2.15. The van der Waals surface area contributed by atoms with Gasteiger partial charge in [-0.2, -0.15) is 0 Å². The standard InChI is InChI=1S/C4H11NO4S2.CH4/c1-3-10(6,7)5-11(8,9)4-2;/h5H,3-4H2,1-2H3;1H4. The molecule has 0 aromatic carbocycles. The molecular weight excluding hydrogens is 202 g/mol. The van der Waals surface area contributed by atoms with Gasteiger partial charge in [0.1, 0.15) is 0 Å². The molecule has 0 aliphatic carbocycles. The molecule has 0 amide bonds. The van der Waals surface area contributed by atoms with Crippen LogP contribution in [0.5, 0.6) is 0 Å². The molecule has 0 aromatic rings. The number of rotatable bonds is 4. The molecular formula is C5H15NO4S2. The molecule has 0 heterocycles. The second-order valence-electron chi connectivity index (χ2n) is 1.89. The molecule has 0 radical (unpaired) electrons. The van der Waals surface area contributed by atoms with E-state index in [-0.39, 0.29) is 18.9 Å². The summed E-state index contributed by atoms with van der Waals surface area (Å²) in [5, 5.41) is 0. The molecule has 0 aromatic heterocycles. The summed E-state index contributed by atoms with van der Waals surface area (Å²) in [6.45, 7) is 2.74. The summed E-state index contributed by atoms with van der Waals surface area (Å²) < 4.78 is 44.3. The molecule has 0 aliphatic rings. The molecule has 0 bridgehead atoms. The third kappa shape index (κ3) is 5.50. The topological polar surface area (TPSA) is 80.3 Å². The van der Waals surface area contributed by atoms with Crippen molar-refractivity contribution >= 4 is 20.0 Å². The second kappa shape index (κ2) is 4.78. The summed E-state index contributed by atoms with van der Waals surface area (Å²) in [7, 11) is -7.25. The first-order valence-electron chi connectivity index (χ1n) is 3.07. The Morgan fingerprint density at radius 2 is 1.17 bits per heavy atom. The van der Waals surface area contributed by atoms with Crippen LogP contribution in [0.15, 0.2) is 0 Å². The monoisotopic (exact) mass is 217 g/mol. The molecule has 7 heteroatoms. The van der Waals surface area contributed by atoms with Crippen molar-refractivity contribution < 1.29 is 16.8 Å². The van der Waals surface area contributed by atoms with Crippen molar-refractivity contribution in [2.24, 2.45) is 0 Å². The van der Waals surface area contributed by atoms with E-state index in [4.69, 9.17) is 0 Å². The lowest BCUT2D eigenvalue weighted by Crippen LogP contribution is -2.32. The van der Waals surface area contributed by atoms with E-state index in [0.29, 0.717) is 0 Å². The van der Waals surface area contributed by atoms with Crippen molar-refractivity contribution in [2.45, 2.75) is 21.3 Å². The molecule has 0 unspecified atom stereocenters. The van der Waals surface area contributed by atoms with Crippen LogP contribution < -0.4 is 4.13 Å². The normalized spacial score (nSPS) is 12.2. The highest BCUT2D eigenvalue weighted by Crippen LogP contribution is 1.89. The third-order valence-electron chi connectivity index (χ3n) is 1.01. The molecule has 1 N–H and O–H groups in total. The van der Waals surface area contributed by atoms with Crippen LogP contribution in [0.25, 0.3) is 0 Å². The maximum Gasteiger partial charge on any atom is 0.224 e. The minimum Gasteiger partial charge on any atom is -0.211 e. The Morgan fingerprint density at radius 3 is 1.33 bits per heavy atom. The smallest absolute Gasteiger partial charge is 0.211 e. The molecule has 0 rings (SSSR count). The zero-order valence-electron chi connectivity index (χ0n) is 6.36. The van der Waals surface area contributed by atoms with Crippen LogP contribution in [0.1, 0.15) is 21.3 Å². The zero-order chi connectivity index (χ0) is 9.12. The van der Waals surface area contributed by atoms with E-state index in [1.807, 2.05) is 0 Å². The average Bonchev–Trinajstić information content (AvgIpc) is 1.86. The summed E-state index contributed by atoms with van der Waals surface area (Å²) in [4.78, 5) is 0. The molecule has 0 aliphatic heterocycles. The first-order valence-corrected chi connectivity index (χ1v) is 6.37. The van der Waals surface area contributed by atoms with Gasteiger partial charge in [-0.15, -0.1) is 4.13 Å². The highest BCUT2D eigenvalue weighted by molar-refractivity contribution is 8.04. The van der Waals surface area contributed by atoms with Crippen LogP contribution in [0, 0.1) is 0 Å². The largest absolute Gasteiger partial charge is 0.224 e. The lowest BCUT2D eigenvalue weighted by atomic mass is 11.0. The van der Waals surface area contributed by atoms with Gasteiger partial charge in [-0.05, 0) is 13.8 Å². The molecule has 76 valence electrons. The van der Waals surface area contributed by atoms with Gasteiger partial charge in [0, 0.05) is 0 Å². The Bertz CT molecular complexity index is 270. The van der Waals surface area contributed by atoms with Gasteiger partial charge in [0.15, 0.2) is 0 Å². The number of hydrogen-bond donors (Lipinski definition) is 1. The lowest BCUT2D eigenvalue weighted by molar-refractivity contribution is 0.578. The van der Waals surface area contributed by atoms with Gasteiger partial charge in [-0.3, -0.25) is 0 Å². The van der Waals surface area contributed by atoms with Crippen LogP contribution in [-0.2, 0) is 20.0 Å². The Kier molecular flexibility index (Phi) is 5.73. The average molecular weight is 217 g/mol. The maximum absolute atomic E-state index is 10.7. The summed E-state index contributed by atoms with van der Waals surface area (Å²) in [6, 6.07) is 0. The van der Waals surface area contributed by atoms with Gasteiger partial charge in [0.2, 0.25) is 20.0 Å². The molecule has 0 atom stereocenters. The van der Waals surface area contributed by atoms with E-state index >= 15 is 0 Å². The fourth-order valence-corrected chi connectivity index (χ4v) is 2.80. The summed E-state index contributed by atoms with van der Waals surface area (Å²) in [5.41, 5.74) is 0. The molecule has 12 heavy (non-hydrogen) atoms. The summed E-state index contributed by atoms with van der Waals surface area (Å²) in [6.07, 6.45) is 0. The van der Waals surface area contributed by atoms with Crippen molar-refractivity contribution in [3.63, 3.8) is 0 Å². The fraction of sp³-hybridized carbons (Fsp3) is 1.00. The Balaban J connectivity index is 0. The highest BCUT2D eigenvalue weighted by atomic mass is 32.3. The van der Waals surface area contributed by atoms with E-state index in [1.165, 1.54) is 13.8 Å². The van der Waals surface area contributed by atoms with Crippen molar-refractivity contribution in [1.29, 1.82) is 0 Å². The van der Waals surface area contributed by atoms with Gasteiger partial charge < -0.3 is 0 Å². The van der Waals surface area contributed by atoms with E-state index in [9.17, 15) is 16.8 Å². The lowest BCUT2D eigenvalue weighted by Gasteiger charge is -2.01. The number of hydrogen-bond acceptors (Lipinski definition) is 4. The zero-order valence-corrected chi connectivity index (χ0v) is 8.00. The Labute approximate surface area is 74.3 Å². The van der Waals surface area contributed by atoms with Gasteiger partial charge >= 0.3 is 0 Å². The first kappa shape index (κ1) is 14.4. The van der Waals surface area contributed by atoms with Crippen molar-refractivity contribution in [3.8, 4) is 0 Å². The Hall–Kier alpha value is -0.140. The predicted octanol–water partition coefficient (Wildman–Crippen LogP) is -0.0885. The quantitative estimate of drug-likeness (QED) is 0.713. The van der Waals surface area contributed by atoms with Crippen LogP contribution in [0.2, 0.25) is 0 Å². The van der Waals surface area contributed by atoms with Crippen LogP contribution in [0.4, 0.5) is 0 Å². The Morgan fingerprint density at radius 1 is 0.917 bits per heavy atom. The van der Waals surface area contributed by atoms with Gasteiger partial charge in [0.25, 0.3) is 0 Å². The van der Waals surface area contributed by atoms with Crippen LogP contribution in [-0.4, -0.2) is 28.3 Å². The predicted molar refractivity (Wildman–Crippen MR) is 48.8 cm³/mol. The fourth-order valence-electron chi connectivity index (χ4n) is 0.311. The van der Waals surface area contributed by atoms with Gasteiger partial charge in [-0.1, -0.05) is 7.43 Å². The van der Waals surface area contributed by atoms with Gasteiger partial charge in [0.05, 0.1) is 11.5 Å². The van der Waals surface area contributed by atoms with Crippen molar-refractivity contribution in [2.75, 3.05) is 11.5 Å². The minimum atomic E-state index is -3.63. The molecule has 0 saturated carbocycles. The van der Waals surface area contributed by atoms with E-state index in [2.05, 4.69) is 0 Å². The van der Waals surface area contributed by atoms with E-state index < -0.39 is 20.0 Å². The van der Waals surface area contributed by atoms with Crippen LogP contribution in [0.3, 0.4) is 0 Å². The van der Waals surface area contributed by atoms with E-state index in [0.717, 1.165) is 0 Å². The summed E-state index contributed by atoms with van der Waals surface area (Å²) >= 11 is 0. The van der Waals surface area contributed by atoms with Crippen LogP contribution >= 0.6 is 0 Å². The molecule has 0 fully saturated rings. The second-order valence-corrected chi connectivity index (χ2v) is 6.17. The van der Waals surface area contributed by atoms with E-state index in [1.54, 1.807) is 4.13 Å². The number of nitrogens with one attached hydrogen (secondary N) is 1. The molecule has 5 nitrogen and oxygen atoms in total. The van der Waals surface area contributed by atoms with Gasteiger partial charge in [-0.25, -0.2) is 16.8 Å². The molecule has 0 saturated heterocycles. The SMILES string of the molecule is C.CCS(=O)(=O)NS(=O)(=O)CC. The summed E-state index contributed by atoms with van der Waals surface area (Å²) in [5.74, 6) is -0.460. The number of sulfonamides is 2. The van der Waals surface area contributed by atoms with Crippen molar-refractivity contribution in [3.05, 3.63) is 0 Å². The minimum absolute atomic E-state index is 0.